The summed E-state index contributed by atoms with van der Waals surface area (Å²) in [6.45, 7) is 3.48. The molecule has 1 atom stereocenters. The van der Waals surface area contributed by atoms with Crippen molar-refractivity contribution in [3.63, 3.8) is 0 Å². The molecule has 1 aliphatic rings. The molecule has 3 N–H and O–H groups in total. The Bertz CT molecular complexity index is 443. The van der Waals surface area contributed by atoms with E-state index in [-0.39, 0.29) is 11.7 Å². The van der Waals surface area contributed by atoms with Crippen molar-refractivity contribution < 1.29 is 10.2 Å². The number of hydrogen-bond donors (Lipinski definition) is 3. The fraction of sp³-hybridized carbons (Fsp3) is 0.538. The zero-order valence-corrected chi connectivity index (χ0v) is 11.7. The fourth-order valence-corrected chi connectivity index (χ4v) is 2.87. The van der Waals surface area contributed by atoms with Gasteiger partial charge in [0.2, 0.25) is 0 Å². The topological polar surface area (TPSA) is 52.5 Å². The summed E-state index contributed by atoms with van der Waals surface area (Å²) < 4.78 is 0. The number of benzene rings is 1. The second-order valence-electron chi connectivity index (χ2n) is 4.96. The molecule has 1 heterocycles. The molecule has 3 nitrogen and oxygen atoms in total. The number of halogens is 2. The second kappa shape index (κ2) is 5.25. The van der Waals surface area contributed by atoms with Crippen molar-refractivity contribution in [2.45, 2.75) is 25.4 Å². The minimum absolute atomic E-state index is 0.00654. The van der Waals surface area contributed by atoms with Crippen molar-refractivity contribution in [3.8, 4) is 5.75 Å². The summed E-state index contributed by atoms with van der Waals surface area (Å²) in [5, 5.41) is 24.6. The zero-order valence-electron chi connectivity index (χ0n) is 10.2. The molecule has 1 fully saturated rings. The summed E-state index contributed by atoms with van der Waals surface area (Å²) in [6, 6.07) is 2.94. The number of nitrogens with one attached hydrogen (secondary N) is 1. The quantitative estimate of drug-likeness (QED) is 0.785. The highest BCUT2D eigenvalue weighted by Crippen LogP contribution is 2.42. The van der Waals surface area contributed by atoms with E-state index in [1.165, 1.54) is 6.07 Å². The first kappa shape index (κ1) is 13.9. The minimum Gasteiger partial charge on any atom is -0.508 e. The predicted octanol–water partition coefficient (Wildman–Crippen LogP) is 2.91. The predicted molar refractivity (Wildman–Crippen MR) is 73.3 cm³/mol. The molecular weight excluding hydrogens is 273 g/mol. The first-order valence-electron chi connectivity index (χ1n) is 6.04. The summed E-state index contributed by atoms with van der Waals surface area (Å²) in [6.07, 6.45) is 1.74. The Kier molecular flexibility index (Phi) is 4.07. The van der Waals surface area contributed by atoms with Crippen LogP contribution in [0.4, 0.5) is 0 Å². The third-order valence-electron chi connectivity index (χ3n) is 3.72. The van der Waals surface area contributed by atoms with Gasteiger partial charge in [-0.1, -0.05) is 23.2 Å². The first-order valence-corrected chi connectivity index (χ1v) is 6.80. The van der Waals surface area contributed by atoms with Crippen LogP contribution in [0.25, 0.3) is 0 Å². The Labute approximate surface area is 117 Å². The molecule has 1 aliphatic heterocycles. The molecule has 0 aliphatic carbocycles. The lowest BCUT2D eigenvalue weighted by Crippen LogP contribution is -2.39. The monoisotopic (exact) mass is 289 g/mol. The highest BCUT2D eigenvalue weighted by Gasteiger charge is 2.36. The Morgan fingerprint density at radius 1 is 1.22 bits per heavy atom. The largest absolute Gasteiger partial charge is 0.508 e. The van der Waals surface area contributed by atoms with Gasteiger partial charge >= 0.3 is 0 Å². The third-order valence-corrected chi connectivity index (χ3v) is 4.44. The number of phenolic OH excluding ortho intramolecular Hbond substituents is 1. The summed E-state index contributed by atoms with van der Waals surface area (Å²) in [5.41, 5.74) is -0.649. The standard InChI is InChI=1S/C13H17Cl2NO2/c1-13(18,8-2-4-16-5-3-8)9-6-10(14)11(15)7-12(9)17/h6-8,16-18H,2-5H2,1H3. The van der Waals surface area contributed by atoms with Gasteiger partial charge in [-0.25, -0.2) is 0 Å². The highest BCUT2D eigenvalue weighted by molar-refractivity contribution is 6.42. The van der Waals surface area contributed by atoms with Crippen LogP contribution < -0.4 is 5.32 Å². The van der Waals surface area contributed by atoms with Crippen LogP contribution in [0.3, 0.4) is 0 Å². The summed E-state index contributed by atoms with van der Waals surface area (Å²) in [4.78, 5) is 0. The van der Waals surface area contributed by atoms with Gasteiger partial charge in [-0.05, 0) is 44.8 Å². The van der Waals surface area contributed by atoms with E-state index in [4.69, 9.17) is 23.2 Å². The number of rotatable bonds is 2. The summed E-state index contributed by atoms with van der Waals surface area (Å²) in [7, 11) is 0. The van der Waals surface area contributed by atoms with Crippen LogP contribution in [0.15, 0.2) is 12.1 Å². The number of phenols is 1. The lowest BCUT2D eigenvalue weighted by atomic mass is 9.77. The van der Waals surface area contributed by atoms with Crippen LogP contribution >= 0.6 is 23.2 Å². The van der Waals surface area contributed by atoms with Gasteiger partial charge in [-0.2, -0.15) is 0 Å². The molecule has 2 rings (SSSR count). The van der Waals surface area contributed by atoms with E-state index in [0.717, 1.165) is 25.9 Å². The minimum atomic E-state index is -1.10. The van der Waals surface area contributed by atoms with Gasteiger partial charge in [0.05, 0.1) is 15.6 Å². The maximum absolute atomic E-state index is 10.7. The molecule has 18 heavy (non-hydrogen) atoms. The second-order valence-corrected chi connectivity index (χ2v) is 5.77. The Morgan fingerprint density at radius 3 is 2.39 bits per heavy atom. The van der Waals surface area contributed by atoms with Crippen LogP contribution in [0.2, 0.25) is 10.0 Å². The van der Waals surface area contributed by atoms with E-state index in [2.05, 4.69) is 5.32 Å². The maximum Gasteiger partial charge on any atom is 0.123 e. The number of aliphatic hydroxyl groups is 1. The van der Waals surface area contributed by atoms with Crippen molar-refractivity contribution in [1.82, 2.24) is 5.32 Å². The molecule has 0 spiro atoms. The molecular formula is C13H17Cl2NO2. The van der Waals surface area contributed by atoms with E-state index in [1.807, 2.05) is 0 Å². The van der Waals surface area contributed by atoms with Gasteiger partial charge in [0.1, 0.15) is 5.75 Å². The van der Waals surface area contributed by atoms with Gasteiger partial charge in [0, 0.05) is 11.6 Å². The third kappa shape index (κ3) is 2.59. The molecule has 1 aromatic carbocycles. The normalized spacial score (nSPS) is 20.7. The number of aromatic hydroxyl groups is 1. The average Bonchev–Trinajstić information content (AvgIpc) is 2.34. The van der Waals surface area contributed by atoms with E-state index in [9.17, 15) is 10.2 Å². The van der Waals surface area contributed by atoms with Crippen LogP contribution in [0, 0.1) is 5.92 Å². The molecule has 0 saturated carbocycles. The van der Waals surface area contributed by atoms with Crippen molar-refractivity contribution in [2.75, 3.05) is 13.1 Å². The lowest BCUT2D eigenvalue weighted by Gasteiger charge is -2.36. The van der Waals surface area contributed by atoms with Crippen molar-refractivity contribution >= 4 is 23.2 Å². The van der Waals surface area contributed by atoms with E-state index < -0.39 is 5.60 Å². The Morgan fingerprint density at radius 2 is 1.78 bits per heavy atom. The van der Waals surface area contributed by atoms with Gasteiger partial charge < -0.3 is 15.5 Å². The fourth-order valence-electron chi connectivity index (χ4n) is 2.55. The summed E-state index contributed by atoms with van der Waals surface area (Å²) >= 11 is 11.8. The number of hydrogen-bond acceptors (Lipinski definition) is 3. The SMILES string of the molecule is CC(O)(c1cc(Cl)c(Cl)cc1O)C1CCNCC1. The number of piperidine rings is 1. The van der Waals surface area contributed by atoms with Crippen LogP contribution in [-0.2, 0) is 5.60 Å². The van der Waals surface area contributed by atoms with E-state index >= 15 is 0 Å². The van der Waals surface area contributed by atoms with Crippen molar-refractivity contribution in [3.05, 3.63) is 27.7 Å². The average molecular weight is 290 g/mol. The highest BCUT2D eigenvalue weighted by atomic mass is 35.5. The van der Waals surface area contributed by atoms with Crippen molar-refractivity contribution in [1.29, 1.82) is 0 Å². The van der Waals surface area contributed by atoms with Gasteiger partial charge in [-0.3, -0.25) is 0 Å². The molecule has 100 valence electrons. The maximum atomic E-state index is 10.7. The molecule has 0 bridgehead atoms. The molecule has 1 aromatic rings. The lowest BCUT2D eigenvalue weighted by molar-refractivity contribution is -0.0203. The smallest absolute Gasteiger partial charge is 0.123 e. The van der Waals surface area contributed by atoms with Gasteiger partial charge in [0.15, 0.2) is 0 Å². The van der Waals surface area contributed by atoms with Crippen LogP contribution in [0.1, 0.15) is 25.3 Å². The Balaban J connectivity index is 2.36. The first-order chi connectivity index (χ1) is 8.43. The van der Waals surface area contributed by atoms with Crippen LogP contribution in [0.5, 0.6) is 5.75 Å². The Hall–Kier alpha value is -0.480. The van der Waals surface area contributed by atoms with Crippen LogP contribution in [-0.4, -0.2) is 23.3 Å². The molecule has 0 amide bonds. The van der Waals surface area contributed by atoms with Crippen molar-refractivity contribution in [2.24, 2.45) is 5.92 Å². The van der Waals surface area contributed by atoms with E-state index in [1.54, 1.807) is 13.0 Å². The molecule has 0 aromatic heterocycles. The zero-order chi connectivity index (χ0) is 13.3. The molecule has 5 heteroatoms. The molecule has 1 saturated heterocycles. The summed E-state index contributed by atoms with van der Waals surface area (Å²) in [5.74, 6) is 0.0924. The molecule has 1 unspecified atom stereocenters. The molecule has 0 radical (unpaired) electrons. The van der Waals surface area contributed by atoms with Gasteiger partial charge in [-0.15, -0.1) is 0 Å². The van der Waals surface area contributed by atoms with Gasteiger partial charge in [0.25, 0.3) is 0 Å². The van der Waals surface area contributed by atoms with E-state index in [0.29, 0.717) is 15.6 Å².